The lowest BCUT2D eigenvalue weighted by molar-refractivity contribution is -0.139. The maximum atomic E-state index is 12.2. The lowest BCUT2D eigenvalue weighted by atomic mass is 10.1. The van der Waals surface area contributed by atoms with Crippen molar-refractivity contribution >= 4 is 11.9 Å². The first-order chi connectivity index (χ1) is 10.5. The van der Waals surface area contributed by atoms with Crippen molar-refractivity contribution in [1.29, 1.82) is 0 Å². The Kier molecular flexibility index (Phi) is 4.77. The van der Waals surface area contributed by atoms with E-state index in [0.29, 0.717) is 11.5 Å². The SMILES string of the molecule is Cc1ncc(C(=O)NC(Cc2ccncc2)C(=O)O)c(C)n1. The molecule has 0 aromatic carbocycles. The zero-order valence-corrected chi connectivity index (χ0v) is 12.3. The van der Waals surface area contributed by atoms with E-state index in [1.165, 1.54) is 6.20 Å². The van der Waals surface area contributed by atoms with E-state index < -0.39 is 17.9 Å². The van der Waals surface area contributed by atoms with Crippen LogP contribution in [0.5, 0.6) is 0 Å². The summed E-state index contributed by atoms with van der Waals surface area (Å²) in [5.74, 6) is -1.05. The van der Waals surface area contributed by atoms with Crippen molar-refractivity contribution in [1.82, 2.24) is 20.3 Å². The van der Waals surface area contributed by atoms with E-state index in [1.807, 2.05) is 0 Å². The summed E-state index contributed by atoms with van der Waals surface area (Å²) in [6.07, 6.45) is 4.73. The number of nitrogens with one attached hydrogen (secondary N) is 1. The van der Waals surface area contributed by atoms with E-state index in [2.05, 4.69) is 20.3 Å². The first-order valence-corrected chi connectivity index (χ1v) is 6.70. The van der Waals surface area contributed by atoms with Crippen LogP contribution in [0.2, 0.25) is 0 Å². The average Bonchev–Trinajstić information content (AvgIpc) is 2.47. The van der Waals surface area contributed by atoms with Gasteiger partial charge in [-0.2, -0.15) is 0 Å². The van der Waals surface area contributed by atoms with E-state index >= 15 is 0 Å². The van der Waals surface area contributed by atoms with Crippen molar-refractivity contribution in [2.75, 3.05) is 0 Å². The zero-order valence-electron chi connectivity index (χ0n) is 12.3. The predicted molar refractivity (Wildman–Crippen MR) is 78.3 cm³/mol. The van der Waals surface area contributed by atoms with Gasteiger partial charge in [0, 0.05) is 25.0 Å². The van der Waals surface area contributed by atoms with Crippen LogP contribution in [-0.2, 0) is 11.2 Å². The number of nitrogens with zero attached hydrogens (tertiary/aromatic N) is 3. The topological polar surface area (TPSA) is 105 Å². The van der Waals surface area contributed by atoms with Gasteiger partial charge in [0.15, 0.2) is 0 Å². The Morgan fingerprint density at radius 2 is 1.95 bits per heavy atom. The molecule has 2 heterocycles. The smallest absolute Gasteiger partial charge is 0.326 e. The Bertz CT molecular complexity index is 688. The quantitative estimate of drug-likeness (QED) is 0.850. The molecule has 0 fully saturated rings. The van der Waals surface area contributed by atoms with Crippen LogP contribution in [0, 0.1) is 13.8 Å². The summed E-state index contributed by atoms with van der Waals surface area (Å²) in [6.45, 7) is 3.40. The van der Waals surface area contributed by atoms with Gasteiger partial charge in [0.2, 0.25) is 0 Å². The van der Waals surface area contributed by atoms with E-state index in [0.717, 1.165) is 5.56 Å². The molecule has 7 heteroatoms. The minimum absolute atomic E-state index is 0.176. The fourth-order valence-corrected chi connectivity index (χ4v) is 2.00. The van der Waals surface area contributed by atoms with Gasteiger partial charge in [-0.1, -0.05) is 0 Å². The summed E-state index contributed by atoms with van der Waals surface area (Å²) in [5.41, 5.74) is 1.56. The van der Waals surface area contributed by atoms with Crippen molar-refractivity contribution in [3.05, 3.63) is 53.4 Å². The standard InChI is InChI=1S/C15H16N4O3/c1-9-12(8-17-10(2)18-9)14(20)19-13(15(21)22)7-11-3-5-16-6-4-11/h3-6,8,13H,7H2,1-2H3,(H,19,20)(H,21,22). The molecule has 1 amide bonds. The average molecular weight is 300 g/mol. The van der Waals surface area contributed by atoms with E-state index in [4.69, 9.17) is 0 Å². The van der Waals surface area contributed by atoms with E-state index in [-0.39, 0.29) is 12.0 Å². The second-order valence-electron chi connectivity index (χ2n) is 4.84. The van der Waals surface area contributed by atoms with Crippen molar-refractivity contribution in [3.8, 4) is 0 Å². The van der Waals surface area contributed by atoms with Gasteiger partial charge in [0.1, 0.15) is 11.9 Å². The zero-order chi connectivity index (χ0) is 16.1. The van der Waals surface area contributed by atoms with Crippen molar-refractivity contribution in [3.63, 3.8) is 0 Å². The molecule has 1 unspecified atom stereocenters. The van der Waals surface area contributed by atoms with Gasteiger partial charge in [-0.15, -0.1) is 0 Å². The summed E-state index contributed by atoms with van der Waals surface area (Å²) in [4.78, 5) is 35.5. The molecule has 0 aliphatic carbocycles. The molecule has 2 N–H and O–H groups in total. The Morgan fingerprint density at radius 1 is 1.27 bits per heavy atom. The molecule has 0 saturated carbocycles. The Labute approximate surface area is 127 Å². The second-order valence-corrected chi connectivity index (χ2v) is 4.84. The first kappa shape index (κ1) is 15.6. The van der Waals surface area contributed by atoms with Crippen molar-refractivity contribution in [2.45, 2.75) is 26.3 Å². The summed E-state index contributed by atoms with van der Waals surface area (Å²) >= 11 is 0. The molecule has 22 heavy (non-hydrogen) atoms. The largest absolute Gasteiger partial charge is 0.480 e. The van der Waals surface area contributed by atoms with Crippen LogP contribution in [0.3, 0.4) is 0 Å². The lowest BCUT2D eigenvalue weighted by Crippen LogP contribution is -2.42. The third kappa shape index (κ3) is 3.85. The number of carbonyl (C=O) groups is 2. The van der Waals surface area contributed by atoms with Gasteiger partial charge in [0.25, 0.3) is 5.91 Å². The number of rotatable bonds is 5. The summed E-state index contributed by atoms with van der Waals surface area (Å²) in [5, 5.41) is 11.8. The summed E-state index contributed by atoms with van der Waals surface area (Å²) in [6, 6.07) is 2.39. The molecule has 0 radical (unpaired) electrons. The van der Waals surface area contributed by atoms with Crippen LogP contribution in [0.15, 0.2) is 30.7 Å². The van der Waals surface area contributed by atoms with Gasteiger partial charge in [-0.3, -0.25) is 9.78 Å². The number of aliphatic carboxylic acids is 1. The van der Waals surface area contributed by atoms with Gasteiger partial charge in [0.05, 0.1) is 11.3 Å². The van der Waals surface area contributed by atoms with E-state index in [9.17, 15) is 14.7 Å². The number of carbonyl (C=O) groups excluding carboxylic acids is 1. The number of amides is 1. The first-order valence-electron chi connectivity index (χ1n) is 6.70. The number of aryl methyl sites for hydroxylation is 2. The van der Waals surface area contributed by atoms with Gasteiger partial charge in [-0.05, 0) is 31.5 Å². The highest BCUT2D eigenvalue weighted by atomic mass is 16.4. The maximum Gasteiger partial charge on any atom is 0.326 e. The van der Waals surface area contributed by atoms with Crippen LogP contribution in [0.1, 0.15) is 27.4 Å². The molecule has 2 aromatic heterocycles. The third-order valence-corrected chi connectivity index (χ3v) is 3.14. The van der Waals surface area contributed by atoms with Crippen LogP contribution < -0.4 is 5.32 Å². The molecule has 7 nitrogen and oxygen atoms in total. The molecule has 0 aliphatic rings. The predicted octanol–water partition coefficient (Wildman–Crippen LogP) is 0.914. The molecule has 0 spiro atoms. The Morgan fingerprint density at radius 3 is 2.55 bits per heavy atom. The third-order valence-electron chi connectivity index (χ3n) is 3.14. The molecule has 0 saturated heterocycles. The second kappa shape index (κ2) is 6.75. The van der Waals surface area contributed by atoms with E-state index in [1.54, 1.807) is 38.4 Å². The summed E-state index contributed by atoms with van der Waals surface area (Å²) < 4.78 is 0. The molecule has 0 bridgehead atoms. The highest BCUT2D eigenvalue weighted by Gasteiger charge is 2.22. The van der Waals surface area contributed by atoms with Gasteiger partial charge in [-0.25, -0.2) is 14.8 Å². The van der Waals surface area contributed by atoms with Gasteiger partial charge >= 0.3 is 5.97 Å². The fraction of sp³-hybridized carbons (Fsp3) is 0.267. The number of carboxylic acid groups (broad SMARTS) is 1. The molecular formula is C15H16N4O3. The van der Waals surface area contributed by atoms with Crippen LogP contribution >= 0.6 is 0 Å². The highest BCUT2D eigenvalue weighted by Crippen LogP contribution is 2.07. The van der Waals surface area contributed by atoms with Gasteiger partial charge < -0.3 is 10.4 Å². The Balaban J connectivity index is 2.14. The number of hydrogen-bond donors (Lipinski definition) is 2. The lowest BCUT2D eigenvalue weighted by Gasteiger charge is -2.15. The number of carboxylic acids is 1. The van der Waals surface area contributed by atoms with Crippen molar-refractivity contribution < 1.29 is 14.7 Å². The molecule has 114 valence electrons. The maximum absolute atomic E-state index is 12.2. The highest BCUT2D eigenvalue weighted by molar-refractivity contribution is 5.97. The molecule has 0 aliphatic heterocycles. The number of pyridine rings is 1. The molecule has 2 rings (SSSR count). The Hall–Kier alpha value is -2.83. The minimum atomic E-state index is -1.10. The summed E-state index contributed by atoms with van der Waals surface area (Å²) in [7, 11) is 0. The molecule has 2 aromatic rings. The number of aromatic nitrogens is 3. The fourth-order valence-electron chi connectivity index (χ4n) is 2.00. The van der Waals surface area contributed by atoms with Crippen LogP contribution in [0.4, 0.5) is 0 Å². The molecule has 1 atom stereocenters. The number of hydrogen-bond acceptors (Lipinski definition) is 5. The minimum Gasteiger partial charge on any atom is -0.480 e. The van der Waals surface area contributed by atoms with Crippen LogP contribution in [-0.4, -0.2) is 38.0 Å². The molecular weight excluding hydrogens is 284 g/mol. The van der Waals surface area contributed by atoms with Crippen LogP contribution in [0.25, 0.3) is 0 Å². The normalized spacial score (nSPS) is 11.7. The monoisotopic (exact) mass is 300 g/mol. The van der Waals surface area contributed by atoms with Crippen molar-refractivity contribution in [2.24, 2.45) is 0 Å².